The van der Waals surface area contributed by atoms with Crippen molar-refractivity contribution in [1.82, 2.24) is 26.3 Å². The normalized spacial score (nSPS) is 28.5. The summed E-state index contributed by atoms with van der Waals surface area (Å²) >= 11 is 1.49. The Morgan fingerprint density at radius 2 is 1.86 bits per heavy atom. The third-order valence-electron chi connectivity index (χ3n) is 7.66. The number of hydrogen-bond acceptors (Lipinski definition) is 6. The van der Waals surface area contributed by atoms with Crippen LogP contribution in [0.1, 0.15) is 32.6 Å². The molecule has 0 radical (unpaired) electrons. The van der Waals surface area contributed by atoms with Crippen LogP contribution in [0.2, 0.25) is 0 Å². The molecule has 4 heterocycles. The van der Waals surface area contributed by atoms with Gasteiger partial charge in [-0.3, -0.25) is 19.5 Å². The van der Waals surface area contributed by atoms with Crippen molar-refractivity contribution in [2.45, 2.75) is 56.1 Å². The van der Waals surface area contributed by atoms with Gasteiger partial charge in [-0.2, -0.15) is 0 Å². The first-order valence-corrected chi connectivity index (χ1v) is 13.7. The molecular formula is C27H30N6O3S. The van der Waals surface area contributed by atoms with Crippen molar-refractivity contribution < 1.29 is 14.4 Å². The average Bonchev–Trinajstić information content (AvgIpc) is 3.49. The second-order valence-corrected chi connectivity index (χ2v) is 11.2. The van der Waals surface area contributed by atoms with Gasteiger partial charge in [-0.1, -0.05) is 42.1 Å². The van der Waals surface area contributed by atoms with Gasteiger partial charge in [0.2, 0.25) is 5.91 Å². The van der Waals surface area contributed by atoms with Crippen molar-refractivity contribution in [3.8, 4) is 11.3 Å². The highest BCUT2D eigenvalue weighted by Gasteiger charge is 2.52. The number of nitrogens with one attached hydrogen (secondary N) is 4. The van der Waals surface area contributed by atoms with Crippen LogP contribution in [0.4, 0.5) is 10.5 Å². The lowest BCUT2D eigenvalue weighted by atomic mass is 9.86. The number of pyridine rings is 1. The van der Waals surface area contributed by atoms with Crippen LogP contribution in [-0.4, -0.2) is 52.9 Å². The number of urea groups is 1. The second-order valence-electron chi connectivity index (χ2n) is 10.0. The molecule has 1 aromatic heterocycles. The van der Waals surface area contributed by atoms with Gasteiger partial charge in [-0.25, -0.2) is 4.79 Å². The van der Waals surface area contributed by atoms with Crippen LogP contribution in [0.15, 0.2) is 59.3 Å². The van der Waals surface area contributed by atoms with Crippen LogP contribution in [0.25, 0.3) is 11.3 Å². The highest BCUT2D eigenvalue weighted by Crippen LogP contribution is 2.48. The largest absolute Gasteiger partial charge is 0.352 e. The molecule has 3 unspecified atom stereocenters. The minimum absolute atomic E-state index is 0.00255. The summed E-state index contributed by atoms with van der Waals surface area (Å²) in [4.78, 5) is 45.5. The number of anilines is 1. The van der Waals surface area contributed by atoms with Gasteiger partial charge in [-0.05, 0) is 44.4 Å². The summed E-state index contributed by atoms with van der Waals surface area (Å²) < 4.78 is 0. The summed E-state index contributed by atoms with van der Waals surface area (Å²) in [5.41, 5.74) is 3.30. The lowest BCUT2D eigenvalue weighted by Crippen LogP contribution is -2.62. The highest BCUT2D eigenvalue weighted by atomic mass is 32.2. The molecule has 10 heteroatoms. The Morgan fingerprint density at radius 1 is 1.08 bits per heavy atom. The van der Waals surface area contributed by atoms with E-state index in [4.69, 9.17) is 0 Å². The number of aromatic nitrogens is 1. The number of nitrogens with zero attached hydrogens (tertiary/aromatic N) is 2. The molecule has 37 heavy (non-hydrogen) atoms. The molecule has 1 saturated carbocycles. The maximum Gasteiger partial charge on any atom is 0.326 e. The molecule has 5 atom stereocenters. The zero-order valence-corrected chi connectivity index (χ0v) is 21.4. The van der Waals surface area contributed by atoms with E-state index in [1.807, 2.05) is 47.4 Å². The first kappa shape index (κ1) is 24.0. The smallest absolute Gasteiger partial charge is 0.326 e. The van der Waals surface area contributed by atoms with E-state index < -0.39 is 0 Å². The number of amides is 4. The Bertz CT molecular complexity index is 1270. The molecule has 192 valence electrons. The molecular weight excluding hydrogens is 488 g/mol. The predicted octanol–water partition coefficient (Wildman–Crippen LogP) is 2.71. The lowest BCUT2D eigenvalue weighted by Gasteiger charge is -2.45. The quantitative estimate of drug-likeness (QED) is 0.484. The number of carbonyl (C=O) groups is 3. The van der Waals surface area contributed by atoms with E-state index in [9.17, 15) is 14.4 Å². The lowest BCUT2D eigenvalue weighted by molar-refractivity contribution is -0.121. The molecule has 1 aromatic carbocycles. The van der Waals surface area contributed by atoms with E-state index in [0.29, 0.717) is 10.6 Å². The summed E-state index contributed by atoms with van der Waals surface area (Å²) in [5.74, 6) is -0.297. The summed E-state index contributed by atoms with van der Waals surface area (Å²) in [6, 6.07) is 13.3. The molecule has 4 aliphatic rings. The molecule has 9 nitrogen and oxygen atoms in total. The molecule has 4 N–H and O–H groups in total. The maximum atomic E-state index is 13.5. The minimum atomic E-state index is -0.230. The predicted molar refractivity (Wildman–Crippen MR) is 142 cm³/mol. The van der Waals surface area contributed by atoms with Crippen molar-refractivity contribution in [2.24, 2.45) is 5.92 Å². The minimum Gasteiger partial charge on any atom is -0.352 e. The molecule has 0 bridgehead atoms. The maximum absolute atomic E-state index is 13.5. The van der Waals surface area contributed by atoms with Crippen molar-refractivity contribution in [1.29, 1.82) is 0 Å². The Labute approximate surface area is 219 Å². The number of carbonyl (C=O) groups excluding carboxylic acids is 3. The van der Waals surface area contributed by atoms with Gasteiger partial charge in [0, 0.05) is 48.1 Å². The van der Waals surface area contributed by atoms with Crippen LogP contribution >= 0.6 is 11.8 Å². The summed E-state index contributed by atoms with van der Waals surface area (Å²) in [6.07, 6.45) is 5.14. The molecule has 3 aliphatic heterocycles. The van der Waals surface area contributed by atoms with Gasteiger partial charge in [0.25, 0.3) is 5.91 Å². The topological polar surface area (TPSA) is 115 Å². The monoisotopic (exact) mass is 518 g/mol. The average molecular weight is 519 g/mol. The van der Waals surface area contributed by atoms with Gasteiger partial charge >= 0.3 is 6.03 Å². The summed E-state index contributed by atoms with van der Waals surface area (Å²) in [5, 5.41) is 12.7. The van der Waals surface area contributed by atoms with Crippen LogP contribution in [0, 0.1) is 5.92 Å². The van der Waals surface area contributed by atoms with Crippen LogP contribution in [0.5, 0.6) is 0 Å². The fourth-order valence-corrected chi connectivity index (χ4v) is 7.46. The van der Waals surface area contributed by atoms with E-state index in [2.05, 4.69) is 26.3 Å². The van der Waals surface area contributed by atoms with Crippen LogP contribution in [0.3, 0.4) is 0 Å². The third-order valence-corrected chi connectivity index (χ3v) is 9.01. The number of piperidine rings is 1. The van der Waals surface area contributed by atoms with Gasteiger partial charge in [-0.15, -0.1) is 0 Å². The zero-order valence-electron chi connectivity index (χ0n) is 20.6. The Hall–Kier alpha value is -3.37. The van der Waals surface area contributed by atoms with Crippen molar-refractivity contribution in [3.63, 3.8) is 0 Å². The van der Waals surface area contributed by atoms with Crippen LogP contribution < -0.4 is 26.2 Å². The molecule has 4 amide bonds. The summed E-state index contributed by atoms with van der Waals surface area (Å²) in [6.45, 7) is 2.26. The van der Waals surface area contributed by atoms with E-state index >= 15 is 0 Å². The summed E-state index contributed by atoms with van der Waals surface area (Å²) in [7, 11) is 0. The fraction of sp³-hybridized carbons (Fsp3) is 0.407. The number of hydrogen-bond donors (Lipinski definition) is 4. The fourth-order valence-electron chi connectivity index (χ4n) is 6.06. The van der Waals surface area contributed by atoms with Crippen molar-refractivity contribution in [3.05, 3.63) is 59.3 Å². The molecule has 6 rings (SSSR count). The van der Waals surface area contributed by atoms with E-state index in [1.165, 1.54) is 18.7 Å². The van der Waals surface area contributed by atoms with Crippen molar-refractivity contribution in [2.75, 3.05) is 11.4 Å². The van der Waals surface area contributed by atoms with Crippen molar-refractivity contribution >= 4 is 35.3 Å². The molecule has 3 fully saturated rings. The van der Waals surface area contributed by atoms with Gasteiger partial charge in [0.15, 0.2) is 0 Å². The first-order chi connectivity index (χ1) is 18.0. The number of benzene rings is 1. The third kappa shape index (κ3) is 4.48. The SMILES string of the molecule is CC(=O)N[C@@H]1CCC[C@@H]1NC(=O)C1=C2NC(=O)N(c3ccnc(-c4ccccc4)c3)C3CCNC(S1)C23. The number of rotatable bonds is 5. The molecule has 0 spiro atoms. The zero-order chi connectivity index (χ0) is 25.5. The Morgan fingerprint density at radius 3 is 2.65 bits per heavy atom. The van der Waals surface area contributed by atoms with E-state index in [0.717, 1.165) is 49.2 Å². The van der Waals surface area contributed by atoms with E-state index in [-0.39, 0.29) is 47.3 Å². The Balaban J connectivity index is 1.27. The Kier molecular flexibility index (Phi) is 6.37. The van der Waals surface area contributed by atoms with Crippen LogP contribution in [-0.2, 0) is 9.59 Å². The number of thioether (sulfide) groups is 1. The molecule has 2 aromatic rings. The van der Waals surface area contributed by atoms with Gasteiger partial charge < -0.3 is 21.3 Å². The van der Waals surface area contributed by atoms with Gasteiger partial charge in [0.1, 0.15) is 0 Å². The highest BCUT2D eigenvalue weighted by molar-refractivity contribution is 8.04. The second kappa shape index (κ2) is 9.83. The molecule has 1 aliphatic carbocycles. The standard InChI is InChI=1S/C27H30N6O3S/c1-15(34)30-18-8-5-9-19(18)31-25(35)24-23-22-21(11-13-29-26(22)37-24)33(27(36)32-23)17-10-12-28-20(14-17)16-6-3-2-4-7-16/h2-4,6-7,10,12,14,18-19,21-22,26,29H,5,8-9,11,13H2,1H3,(H,30,34)(H,31,35)(H,32,36)/t18-,19+,21?,22?,26?/m1/s1. The molecule has 2 saturated heterocycles. The van der Waals surface area contributed by atoms with E-state index in [1.54, 1.807) is 6.20 Å². The first-order valence-electron chi connectivity index (χ1n) is 12.8. The van der Waals surface area contributed by atoms with Gasteiger partial charge in [0.05, 0.1) is 22.0 Å².